The van der Waals surface area contributed by atoms with E-state index in [0.717, 1.165) is 38.0 Å². The predicted molar refractivity (Wildman–Crippen MR) is 69.9 cm³/mol. The minimum absolute atomic E-state index is 0.154. The zero-order chi connectivity index (χ0) is 12.5. The number of hydrogen-bond donors (Lipinski definition) is 1. The summed E-state index contributed by atoms with van der Waals surface area (Å²) in [5, 5.41) is 3.10. The molecule has 1 aromatic carbocycles. The van der Waals surface area contributed by atoms with Crippen LogP contribution < -0.4 is 10.1 Å². The molecule has 2 aliphatic rings. The third kappa shape index (κ3) is 2.09. The number of hydrogen-bond acceptors (Lipinski definition) is 2. The first-order valence-corrected chi connectivity index (χ1v) is 6.83. The number of carbonyl (C=O) groups is 1. The van der Waals surface area contributed by atoms with Crippen molar-refractivity contribution in [2.45, 2.75) is 45.1 Å². The highest BCUT2D eigenvalue weighted by Crippen LogP contribution is 2.32. The maximum atomic E-state index is 11.4. The first-order valence-electron chi connectivity index (χ1n) is 6.83. The fraction of sp³-hybridized carbons (Fsp3) is 0.533. The van der Waals surface area contributed by atoms with Gasteiger partial charge in [0.2, 0.25) is 5.91 Å². The van der Waals surface area contributed by atoms with Crippen molar-refractivity contribution in [2.24, 2.45) is 0 Å². The van der Waals surface area contributed by atoms with Gasteiger partial charge in [0, 0.05) is 18.9 Å². The molecule has 1 amide bonds. The molecule has 0 bridgehead atoms. The molecule has 0 saturated heterocycles. The van der Waals surface area contributed by atoms with Gasteiger partial charge in [0.15, 0.2) is 0 Å². The third-order valence-corrected chi connectivity index (χ3v) is 3.93. The van der Waals surface area contributed by atoms with E-state index in [1.54, 1.807) is 0 Å². The zero-order valence-corrected chi connectivity index (χ0v) is 10.8. The van der Waals surface area contributed by atoms with Crippen LogP contribution >= 0.6 is 0 Å². The van der Waals surface area contributed by atoms with Gasteiger partial charge < -0.3 is 10.1 Å². The van der Waals surface area contributed by atoms with Gasteiger partial charge in [-0.05, 0) is 42.0 Å². The summed E-state index contributed by atoms with van der Waals surface area (Å²) < 4.78 is 5.61. The van der Waals surface area contributed by atoms with Gasteiger partial charge in [-0.2, -0.15) is 0 Å². The van der Waals surface area contributed by atoms with Crippen LogP contribution in [0.1, 0.15) is 36.5 Å². The van der Waals surface area contributed by atoms with E-state index in [2.05, 4.69) is 17.4 Å². The lowest BCUT2D eigenvalue weighted by atomic mass is 9.86. The van der Waals surface area contributed by atoms with E-state index < -0.39 is 0 Å². The molecule has 1 aliphatic heterocycles. The minimum atomic E-state index is 0.154. The monoisotopic (exact) mass is 245 g/mol. The van der Waals surface area contributed by atoms with Crippen molar-refractivity contribution >= 4 is 5.91 Å². The standard InChI is InChI=1S/C15H19NO2/c1-2-15(17)16-13-4-3-10-7-11-5-6-18-14(11)9-12(10)8-13/h7,9,13H,2-6,8H2,1H3,(H,16,17). The topological polar surface area (TPSA) is 38.3 Å². The molecule has 1 aromatic rings. The molecule has 3 rings (SSSR count). The summed E-state index contributed by atoms with van der Waals surface area (Å²) in [6.07, 6.45) is 4.67. The molecule has 3 nitrogen and oxygen atoms in total. The summed E-state index contributed by atoms with van der Waals surface area (Å²) in [6.45, 7) is 2.71. The van der Waals surface area contributed by atoms with E-state index in [9.17, 15) is 4.79 Å². The number of amides is 1. The van der Waals surface area contributed by atoms with Gasteiger partial charge in [0.1, 0.15) is 5.75 Å². The van der Waals surface area contributed by atoms with E-state index in [4.69, 9.17) is 4.74 Å². The van der Waals surface area contributed by atoms with Crippen molar-refractivity contribution in [1.82, 2.24) is 5.32 Å². The van der Waals surface area contributed by atoms with Crippen LogP contribution in [0.5, 0.6) is 5.75 Å². The molecule has 1 atom stereocenters. The zero-order valence-electron chi connectivity index (χ0n) is 10.8. The number of nitrogens with one attached hydrogen (secondary N) is 1. The van der Waals surface area contributed by atoms with Crippen LogP contribution in [0, 0.1) is 0 Å². The molecule has 0 aromatic heterocycles. The Hall–Kier alpha value is -1.51. The molecule has 1 aliphatic carbocycles. The summed E-state index contributed by atoms with van der Waals surface area (Å²) >= 11 is 0. The van der Waals surface area contributed by atoms with E-state index in [1.165, 1.54) is 16.7 Å². The molecule has 1 unspecified atom stereocenters. The second kappa shape index (κ2) is 4.63. The lowest BCUT2D eigenvalue weighted by Gasteiger charge is -2.26. The number of carbonyl (C=O) groups excluding carboxylic acids is 1. The molecule has 0 spiro atoms. The molecule has 0 fully saturated rings. The molecule has 1 N–H and O–H groups in total. The van der Waals surface area contributed by atoms with Crippen LogP contribution in [0.4, 0.5) is 0 Å². The summed E-state index contributed by atoms with van der Waals surface area (Å²) in [5.74, 6) is 1.21. The van der Waals surface area contributed by atoms with E-state index in [0.29, 0.717) is 12.5 Å². The number of aryl methyl sites for hydroxylation is 1. The fourth-order valence-corrected chi connectivity index (χ4v) is 2.89. The van der Waals surface area contributed by atoms with Gasteiger partial charge in [-0.25, -0.2) is 0 Å². The van der Waals surface area contributed by atoms with Crippen molar-refractivity contribution in [3.8, 4) is 5.75 Å². The van der Waals surface area contributed by atoms with Crippen LogP contribution in [0.25, 0.3) is 0 Å². The Morgan fingerprint density at radius 1 is 1.33 bits per heavy atom. The third-order valence-electron chi connectivity index (χ3n) is 3.93. The van der Waals surface area contributed by atoms with Crippen LogP contribution in [0.3, 0.4) is 0 Å². The predicted octanol–water partition coefficient (Wildman–Crippen LogP) is 2.00. The van der Waals surface area contributed by atoms with Crippen LogP contribution in [0.15, 0.2) is 12.1 Å². The Morgan fingerprint density at radius 3 is 3.06 bits per heavy atom. The Balaban J connectivity index is 1.78. The second-order valence-corrected chi connectivity index (χ2v) is 5.19. The van der Waals surface area contributed by atoms with Crippen LogP contribution in [-0.4, -0.2) is 18.6 Å². The molecule has 18 heavy (non-hydrogen) atoms. The largest absolute Gasteiger partial charge is 0.493 e. The van der Waals surface area contributed by atoms with Crippen molar-refractivity contribution in [1.29, 1.82) is 0 Å². The Labute approximate surface area is 108 Å². The Kier molecular flexibility index (Phi) is 2.98. The first-order chi connectivity index (χ1) is 8.76. The molecule has 3 heteroatoms. The molecular weight excluding hydrogens is 226 g/mol. The average Bonchev–Trinajstić information content (AvgIpc) is 2.82. The van der Waals surface area contributed by atoms with Crippen molar-refractivity contribution in [3.05, 3.63) is 28.8 Å². The highest BCUT2D eigenvalue weighted by Gasteiger charge is 2.23. The molecule has 1 heterocycles. The Morgan fingerprint density at radius 2 is 2.22 bits per heavy atom. The number of benzene rings is 1. The maximum Gasteiger partial charge on any atom is 0.219 e. The minimum Gasteiger partial charge on any atom is -0.493 e. The Bertz CT molecular complexity index is 482. The van der Waals surface area contributed by atoms with Gasteiger partial charge >= 0.3 is 0 Å². The first kappa shape index (κ1) is 11.6. The smallest absolute Gasteiger partial charge is 0.219 e. The SMILES string of the molecule is CCC(=O)NC1CCc2cc3c(cc2C1)OCC3. The van der Waals surface area contributed by atoms with Gasteiger partial charge in [-0.3, -0.25) is 4.79 Å². The number of fused-ring (bicyclic) bond motifs is 2. The summed E-state index contributed by atoms with van der Waals surface area (Å²) in [7, 11) is 0. The quantitative estimate of drug-likeness (QED) is 0.865. The lowest BCUT2D eigenvalue weighted by Crippen LogP contribution is -2.38. The van der Waals surface area contributed by atoms with Crippen LogP contribution in [-0.2, 0) is 24.1 Å². The van der Waals surface area contributed by atoms with Crippen LogP contribution in [0.2, 0.25) is 0 Å². The highest BCUT2D eigenvalue weighted by molar-refractivity contribution is 5.75. The highest BCUT2D eigenvalue weighted by atomic mass is 16.5. The van der Waals surface area contributed by atoms with Gasteiger partial charge in [-0.1, -0.05) is 13.0 Å². The van der Waals surface area contributed by atoms with Gasteiger partial charge in [-0.15, -0.1) is 0 Å². The van der Waals surface area contributed by atoms with E-state index in [1.807, 2.05) is 6.92 Å². The van der Waals surface area contributed by atoms with Crippen molar-refractivity contribution in [2.75, 3.05) is 6.61 Å². The lowest BCUT2D eigenvalue weighted by molar-refractivity contribution is -0.121. The van der Waals surface area contributed by atoms with Gasteiger partial charge in [0.05, 0.1) is 6.61 Å². The summed E-state index contributed by atoms with van der Waals surface area (Å²) in [4.78, 5) is 11.4. The maximum absolute atomic E-state index is 11.4. The number of rotatable bonds is 2. The molecule has 96 valence electrons. The fourth-order valence-electron chi connectivity index (χ4n) is 2.89. The summed E-state index contributed by atoms with van der Waals surface area (Å²) in [5.41, 5.74) is 4.15. The van der Waals surface area contributed by atoms with Gasteiger partial charge in [0.25, 0.3) is 0 Å². The van der Waals surface area contributed by atoms with E-state index >= 15 is 0 Å². The van der Waals surface area contributed by atoms with Crippen molar-refractivity contribution < 1.29 is 9.53 Å². The molecular formula is C15H19NO2. The number of ether oxygens (including phenoxy) is 1. The van der Waals surface area contributed by atoms with E-state index in [-0.39, 0.29) is 5.91 Å². The average molecular weight is 245 g/mol. The molecule has 0 radical (unpaired) electrons. The van der Waals surface area contributed by atoms with Crippen molar-refractivity contribution in [3.63, 3.8) is 0 Å². The molecule has 0 saturated carbocycles. The second-order valence-electron chi connectivity index (χ2n) is 5.19. The normalized spacial score (nSPS) is 20.8. The summed E-state index contributed by atoms with van der Waals surface area (Å²) in [6, 6.07) is 4.78.